The number of alkyl halides is 3. The number of carbonyl (C=O) groups is 1. The van der Waals surface area contributed by atoms with Gasteiger partial charge in [0, 0.05) is 49.4 Å². The van der Waals surface area contributed by atoms with Crippen molar-refractivity contribution in [2.75, 3.05) is 43.9 Å². The molecule has 1 aromatic heterocycles. The van der Waals surface area contributed by atoms with Crippen LogP contribution in [-0.2, 0) is 11.0 Å². The first-order chi connectivity index (χ1) is 14.3. The molecular formula is C20H21ClF3N3O2S. The second-order valence-corrected chi connectivity index (χ2v) is 8.24. The van der Waals surface area contributed by atoms with Crippen molar-refractivity contribution in [2.45, 2.75) is 17.5 Å². The number of aromatic nitrogens is 1. The maximum absolute atomic E-state index is 12.8. The molecule has 1 saturated heterocycles. The fourth-order valence-electron chi connectivity index (χ4n) is 3.07. The molecule has 0 unspecified atom stereocenters. The van der Waals surface area contributed by atoms with Crippen LogP contribution in [0.15, 0.2) is 41.4 Å². The van der Waals surface area contributed by atoms with E-state index >= 15 is 0 Å². The van der Waals surface area contributed by atoms with Gasteiger partial charge < -0.3 is 14.5 Å². The van der Waals surface area contributed by atoms with Crippen LogP contribution >= 0.6 is 23.4 Å². The topological polar surface area (TPSA) is 45.7 Å². The van der Waals surface area contributed by atoms with Crippen molar-refractivity contribution < 1.29 is 22.7 Å². The first-order valence-corrected chi connectivity index (χ1v) is 10.7. The zero-order chi connectivity index (χ0) is 21.7. The van der Waals surface area contributed by atoms with Crippen LogP contribution in [0.5, 0.6) is 5.75 Å². The summed E-state index contributed by atoms with van der Waals surface area (Å²) in [5, 5.41) is -0.0412. The lowest BCUT2D eigenvalue weighted by atomic mass is 10.2. The number of amides is 1. The van der Waals surface area contributed by atoms with Crippen molar-refractivity contribution in [1.82, 2.24) is 9.88 Å². The molecule has 0 spiro atoms. The van der Waals surface area contributed by atoms with Gasteiger partial charge in [-0.3, -0.25) is 4.79 Å². The molecule has 2 heterocycles. The van der Waals surface area contributed by atoms with Crippen LogP contribution in [-0.4, -0.2) is 54.8 Å². The Labute approximate surface area is 182 Å². The Morgan fingerprint density at radius 3 is 2.43 bits per heavy atom. The summed E-state index contributed by atoms with van der Waals surface area (Å²) in [6, 6.07) is 8.55. The zero-order valence-corrected chi connectivity index (χ0v) is 17.9. The number of thioether (sulfide) groups is 1. The van der Waals surface area contributed by atoms with E-state index in [0.717, 1.165) is 22.9 Å². The van der Waals surface area contributed by atoms with Crippen LogP contribution in [0.1, 0.15) is 12.0 Å². The van der Waals surface area contributed by atoms with Gasteiger partial charge in [-0.25, -0.2) is 4.98 Å². The molecule has 0 aliphatic carbocycles. The van der Waals surface area contributed by atoms with Crippen LogP contribution in [0.4, 0.5) is 19.0 Å². The molecule has 0 radical (unpaired) electrons. The summed E-state index contributed by atoms with van der Waals surface area (Å²) in [7, 11) is 1.61. The molecule has 5 nitrogen and oxygen atoms in total. The van der Waals surface area contributed by atoms with Gasteiger partial charge in [-0.15, -0.1) is 11.8 Å². The van der Waals surface area contributed by atoms with E-state index in [0.29, 0.717) is 44.2 Å². The molecule has 1 amide bonds. The van der Waals surface area contributed by atoms with E-state index in [-0.39, 0.29) is 10.9 Å². The number of piperazine rings is 1. The Hall–Kier alpha value is -2.13. The van der Waals surface area contributed by atoms with Crippen LogP contribution < -0.4 is 9.64 Å². The number of halogens is 4. The van der Waals surface area contributed by atoms with Crippen LogP contribution in [0.3, 0.4) is 0 Å². The summed E-state index contributed by atoms with van der Waals surface area (Å²) in [5.41, 5.74) is -0.876. The molecule has 0 N–H and O–H groups in total. The molecule has 1 aromatic carbocycles. The van der Waals surface area contributed by atoms with Gasteiger partial charge in [0.15, 0.2) is 0 Å². The Morgan fingerprint density at radius 2 is 1.87 bits per heavy atom. The second kappa shape index (κ2) is 9.78. The first kappa shape index (κ1) is 22.6. The number of pyridine rings is 1. The molecule has 1 aliphatic heterocycles. The highest BCUT2D eigenvalue weighted by atomic mass is 35.5. The number of hydrogen-bond donors (Lipinski definition) is 0. The van der Waals surface area contributed by atoms with Crippen molar-refractivity contribution in [1.29, 1.82) is 0 Å². The minimum absolute atomic E-state index is 0.0412. The van der Waals surface area contributed by atoms with Gasteiger partial charge in [0.05, 0.1) is 17.7 Å². The Morgan fingerprint density at radius 1 is 1.20 bits per heavy atom. The lowest BCUT2D eigenvalue weighted by Gasteiger charge is -2.35. The van der Waals surface area contributed by atoms with E-state index in [1.165, 1.54) is 0 Å². The number of hydrogen-bond acceptors (Lipinski definition) is 5. The Balaban J connectivity index is 1.47. The van der Waals surface area contributed by atoms with Crippen LogP contribution in [0, 0.1) is 0 Å². The van der Waals surface area contributed by atoms with Crippen LogP contribution in [0.25, 0.3) is 0 Å². The highest BCUT2D eigenvalue weighted by Gasteiger charge is 2.32. The SMILES string of the molecule is COc1ccc(SCCC(=O)N2CCN(c3ncc(C(F)(F)F)cc3Cl)CC2)cc1. The number of carbonyl (C=O) groups excluding carboxylic acids is 1. The van der Waals surface area contributed by atoms with Gasteiger partial charge in [0.1, 0.15) is 11.6 Å². The largest absolute Gasteiger partial charge is 0.497 e. The molecule has 0 atom stereocenters. The summed E-state index contributed by atoms with van der Waals surface area (Å²) >= 11 is 7.62. The summed E-state index contributed by atoms with van der Waals surface area (Å²) in [6.45, 7) is 1.89. The van der Waals surface area contributed by atoms with E-state index in [9.17, 15) is 18.0 Å². The van der Waals surface area contributed by atoms with Crippen molar-refractivity contribution in [3.63, 3.8) is 0 Å². The smallest absolute Gasteiger partial charge is 0.417 e. The standard InChI is InChI=1S/C20H21ClF3N3O2S/c1-29-15-2-4-16(5-3-15)30-11-6-18(28)26-7-9-27(10-8-26)19-17(21)12-14(13-25-19)20(22,23)24/h2-5,12-13H,6-11H2,1H3. The molecule has 0 saturated carbocycles. The normalized spacial score (nSPS) is 14.7. The van der Waals surface area contributed by atoms with Gasteiger partial charge >= 0.3 is 6.18 Å². The van der Waals surface area contributed by atoms with Crippen LogP contribution in [0.2, 0.25) is 5.02 Å². The number of nitrogens with zero attached hydrogens (tertiary/aromatic N) is 3. The third kappa shape index (κ3) is 5.72. The predicted molar refractivity (Wildman–Crippen MR) is 111 cm³/mol. The van der Waals surface area contributed by atoms with Gasteiger partial charge in [0.2, 0.25) is 5.91 Å². The van der Waals surface area contributed by atoms with E-state index < -0.39 is 11.7 Å². The number of ether oxygens (including phenoxy) is 1. The molecular weight excluding hydrogens is 439 g/mol. The third-order valence-electron chi connectivity index (χ3n) is 4.73. The Kier molecular flexibility index (Phi) is 7.36. The Bertz CT molecular complexity index is 873. The monoisotopic (exact) mass is 459 g/mol. The molecule has 3 rings (SSSR count). The average molecular weight is 460 g/mol. The molecule has 0 bridgehead atoms. The van der Waals surface area contributed by atoms with E-state index in [4.69, 9.17) is 16.3 Å². The van der Waals surface area contributed by atoms with Gasteiger partial charge in [0.25, 0.3) is 0 Å². The molecule has 1 aliphatic rings. The fraction of sp³-hybridized carbons (Fsp3) is 0.400. The van der Waals surface area contributed by atoms with Gasteiger partial charge in [-0.05, 0) is 30.3 Å². The zero-order valence-electron chi connectivity index (χ0n) is 16.3. The fourth-order valence-corrected chi connectivity index (χ4v) is 4.20. The lowest BCUT2D eigenvalue weighted by molar-refractivity contribution is -0.137. The second-order valence-electron chi connectivity index (χ2n) is 6.67. The number of benzene rings is 1. The maximum Gasteiger partial charge on any atom is 0.417 e. The number of rotatable bonds is 6. The van der Waals surface area contributed by atoms with Crippen molar-refractivity contribution in [3.05, 3.63) is 47.1 Å². The molecule has 162 valence electrons. The van der Waals surface area contributed by atoms with Gasteiger partial charge in [-0.2, -0.15) is 13.2 Å². The first-order valence-electron chi connectivity index (χ1n) is 9.30. The van der Waals surface area contributed by atoms with E-state index in [1.807, 2.05) is 24.3 Å². The molecule has 1 fully saturated rings. The highest BCUT2D eigenvalue weighted by Crippen LogP contribution is 2.33. The number of anilines is 1. The van der Waals surface area contributed by atoms with Crippen molar-refractivity contribution in [2.24, 2.45) is 0 Å². The van der Waals surface area contributed by atoms with Gasteiger partial charge in [-0.1, -0.05) is 11.6 Å². The maximum atomic E-state index is 12.8. The summed E-state index contributed by atoms with van der Waals surface area (Å²) in [5.74, 6) is 1.82. The highest BCUT2D eigenvalue weighted by molar-refractivity contribution is 7.99. The minimum Gasteiger partial charge on any atom is -0.497 e. The quantitative estimate of drug-likeness (QED) is 0.591. The minimum atomic E-state index is -4.48. The van der Waals surface area contributed by atoms with Crippen molar-refractivity contribution in [3.8, 4) is 5.75 Å². The average Bonchev–Trinajstić information content (AvgIpc) is 2.73. The number of methoxy groups -OCH3 is 1. The van der Waals surface area contributed by atoms with E-state index in [2.05, 4.69) is 4.98 Å². The molecule has 2 aromatic rings. The lowest BCUT2D eigenvalue weighted by Crippen LogP contribution is -2.49. The molecule has 10 heteroatoms. The predicted octanol–water partition coefficient (Wildman–Crippen LogP) is 4.59. The van der Waals surface area contributed by atoms with Crippen molar-refractivity contribution >= 4 is 35.1 Å². The summed E-state index contributed by atoms with van der Waals surface area (Å²) in [4.78, 5) is 21.0. The third-order valence-corrected chi connectivity index (χ3v) is 6.02. The molecule has 30 heavy (non-hydrogen) atoms. The summed E-state index contributed by atoms with van der Waals surface area (Å²) in [6.07, 6.45) is -3.28. The van der Waals surface area contributed by atoms with E-state index in [1.54, 1.807) is 28.7 Å². The summed E-state index contributed by atoms with van der Waals surface area (Å²) < 4.78 is 43.4.